The first-order valence-corrected chi connectivity index (χ1v) is 10.4. The lowest BCUT2D eigenvalue weighted by Crippen LogP contribution is -2.46. The zero-order chi connectivity index (χ0) is 20.3. The van der Waals surface area contributed by atoms with E-state index in [-0.39, 0.29) is 24.3 Å². The van der Waals surface area contributed by atoms with Crippen molar-refractivity contribution in [2.45, 2.75) is 31.8 Å². The van der Waals surface area contributed by atoms with Crippen molar-refractivity contribution in [1.29, 1.82) is 0 Å². The summed E-state index contributed by atoms with van der Waals surface area (Å²) in [6, 6.07) is 12.2. The van der Waals surface area contributed by atoms with Crippen molar-refractivity contribution in [2.24, 2.45) is 0 Å². The number of H-pyrrole nitrogens is 1. The standard InChI is InChI=1S/C22H19Cl2N3O2/c1-12-21-16(17-10-14(24)4-7-18(17)25-21)8-9-26(12)19-11-20(28)27(22(19)29)15-5-2-13(23)3-6-15/h2-7,10,12,19,25H,8-9,11H2,1H3. The lowest BCUT2D eigenvalue weighted by molar-refractivity contribution is -0.123. The molecular formula is C22H19Cl2N3O2. The number of nitrogens with one attached hydrogen (secondary N) is 1. The summed E-state index contributed by atoms with van der Waals surface area (Å²) in [6.07, 6.45) is 0.992. The number of fused-ring (bicyclic) bond motifs is 3. The zero-order valence-corrected chi connectivity index (χ0v) is 17.3. The number of rotatable bonds is 2. The highest BCUT2D eigenvalue weighted by Gasteiger charge is 2.45. The molecule has 0 spiro atoms. The first-order chi connectivity index (χ1) is 13.9. The average molecular weight is 428 g/mol. The number of anilines is 1. The number of hydrogen-bond acceptors (Lipinski definition) is 3. The molecule has 1 saturated heterocycles. The van der Waals surface area contributed by atoms with E-state index in [1.54, 1.807) is 24.3 Å². The van der Waals surface area contributed by atoms with Crippen molar-refractivity contribution in [3.8, 4) is 0 Å². The van der Waals surface area contributed by atoms with Gasteiger partial charge in [0.1, 0.15) is 0 Å². The molecule has 0 bridgehead atoms. The van der Waals surface area contributed by atoms with Crippen molar-refractivity contribution in [3.05, 3.63) is 63.8 Å². The van der Waals surface area contributed by atoms with Gasteiger partial charge in [0.15, 0.2) is 0 Å². The van der Waals surface area contributed by atoms with Crippen LogP contribution >= 0.6 is 23.2 Å². The summed E-state index contributed by atoms with van der Waals surface area (Å²) in [7, 11) is 0. The molecular weight excluding hydrogens is 409 g/mol. The van der Waals surface area contributed by atoms with Crippen LogP contribution in [0, 0.1) is 0 Å². The number of aromatic nitrogens is 1. The molecule has 1 N–H and O–H groups in total. The fourth-order valence-electron chi connectivity index (χ4n) is 4.63. The van der Waals surface area contributed by atoms with E-state index < -0.39 is 6.04 Å². The Labute approximate surface area is 178 Å². The number of amides is 2. The third-order valence-corrected chi connectivity index (χ3v) is 6.53. The molecule has 29 heavy (non-hydrogen) atoms. The molecule has 3 aromatic rings. The van der Waals surface area contributed by atoms with Crippen molar-refractivity contribution >= 4 is 51.6 Å². The Balaban J connectivity index is 1.46. The molecule has 0 radical (unpaired) electrons. The van der Waals surface area contributed by atoms with Crippen molar-refractivity contribution < 1.29 is 9.59 Å². The molecule has 0 aliphatic carbocycles. The number of benzene rings is 2. The van der Waals surface area contributed by atoms with Crippen LogP contribution in [0.1, 0.15) is 30.6 Å². The molecule has 2 atom stereocenters. The lowest BCUT2D eigenvalue weighted by atomic mass is 9.96. The Kier molecular flexibility index (Phi) is 4.42. The van der Waals surface area contributed by atoms with Crippen LogP contribution in [-0.2, 0) is 16.0 Å². The number of aromatic amines is 1. The van der Waals surface area contributed by atoms with Gasteiger partial charge in [-0.3, -0.25) is 14.5 Å². The van der Waals surface area contributed by atoms with Crippen LogP contribution < -0.4 is 4.90 Å². The predicted molar refractivity (Wildman–Crippen MR) is 114 cm³/mol. The minimum absolute atomic E-state index is 0.00292. The molecule has 2 aromatic carbocycles. The lowest BCUT2D eigenvalue weighted by Gasteiger charge is -2.36. The van der Waals surface area contributed by atoms with Crippen LogP contribution in [0.25, 0.3) is 10.9 Å². The quantitative estimate of drug-likeness (QED) is 0.601. The Morgan fingerprint density at radius 3 is 2.52 bits per heavy atom. The van der Waals surface area contributed by atoms with Gasteiger partial charge in [-0.2, -0.15) is 0 Å². The Bertz CT molecular complexity index is 1140. The van der Waals surface area contributed by atoms with Gasteiger partial charge < -0.3 is 4.98 Å². The summed E-state index contributed by atoms with van der Waals surface area (Å²) < 4.78 is 0. The third-order valence-electron chi connectivity index (χ3n) is 6.04. The summed E-state index contributed by atoms with van der Waals surface area (Å²) in [5, 5.41) is 2.42. The monoisotopic (exact) mass is 427 g/mol. The molecule has 5 rings (SSSR count). The van der Waals surface area contributed by atoms with Crippen LogP contribution in [0.4, 0.5) is 5.69 Å². The highest BCUT2D eigenvalue weighted by molar-refractivity contribution is 6.31. The fraction of sp³-hybridized carbons (Fsp3) is 0.273. The maximum absolute atomic E-state index is 13.2. The van der Waals surface area contributed by atoms with E-state index in [1.807, 2.05) is 18.2 Å². The van der Waals surface area contributed by atoms with Crippen molar-refractivity contribution in [1.82, 2.24) is 9.88 Å². The minimum atomic E-state index is -0.462. The summed E-state index contributed by atoms with van der Waals surface area (Å²) in [6.45, 7) is 2.80. The second kappa shape index (κ2) is 6.87. The van der Waals surface area contributed by atoms with Crippen LogP contribution in [-0.4, -0.2) is 34.3 Å². The number of imide groups is 1. The molecule has 2 unspecified atom stereocenters. The Morgan fingerprint density at radius 1 is 1.03 bits per heavy atom. The van der Waals surface area contributed by atoms with Gasteiger partial charge >= 0.3 is 0 Å². The van der Waals surface area contributed by atoms with Gasteiger partial charge in [0.25, 0.3) is 5.91 Å². The topological polar surface area (TPSA) is 56.4 Å². The minimum Gasteiger partial charge on any atom is -0.357 e. The highest BCUT2D eigenvalue weighted by atomic mass is 35.5. The number of nitrogens with zero attached hydrogens (tertiary/aromatic N) is 2. The average Bonchev–Trinajstić information content (AvgIpc) is 3.21. The van der Waals surface area contributed by atoms with Crippen LogP contribution in [0.2, 0.25) is 10.0 Å². The van der Waals surface area contributed by atoms with E-state index in [2.05, 4.69) is 16.8 Å². The molecule has 5 nitrogen and oxygen atoms in total. The Morgan fingerprint density at radius 2 is 1.76 bits per heavy atom. The molecule has 2 amide bonds. The molecule has 1 aromatic heterocycles. The number of hydrogen-bond donors (Lipinski definition) is 1. The molecule has 3 heterocycles. The van der Waals surface area contributed by atoms with Gasteiger partial charge in [-0.15, -0.1) is 0 Å². The van der Waals surface area contributed by atoms with E-state index in [0.717, 1.165) is 23.0 Å². The summed E-state index contributed by atoms with van der Waals surface area (Å²) in [5.41, 5.74) is 3.96. The van der Waals surface area contributed by atoms with Gasteiger partial charge in [0, 0.05) is 39.2 Å². The first kappa shape index (κ1) is 18.7. The summed E-state index contributed by atoms with van der Waals surface area (Å²) in [4.78, 5) is 32.8. The number of carbonyl (C=O) groups excluding carboxylic acids is 2. The molecule has 1 fully saturated rings. The van der Waals surface area contributed by atoms with Crippen LogP contribution in [0.5, 0.6) is 0 Å². The number of carbonyl (C=O) groups is 2. The second-order valence-electron chi connectivity index (χ2n) is 7.63. The van der Waals surface area contributed by atoms with Gasteiger partial charge in [0.2, 0.25) is 5.91 Å². The van der Waals surface area contributed by atoms with Crippen LogP contribution in [0.3, 0.4) is 0 Å². The molecule has 7 heteroatoms. The predicted octanol–water partition coefficient (Wildman–Crippen LogP) is 4.73. The smallest absolute Gasteiger partial charge is 0.251 e. The first-order valence-electron chi connectivity index (χ1n) is 9.62. The van der Waals surface area contributed by atoms with Crippen molar-refractivity contribution in [2.75, 3.05) is 11.4 Å². The van der Waals surface area contributed by atoms with E-state index in [9.17, 15) is 9.59 Å². The fourth-order valence-corrected chi connectivity index (χ4v) is 4.93. The zero-order valence-electron chi connectivity index (χ0n) is 15.8. The maximum Gasteiger partial charge on any atom is 0.251 e. The summed E-state index contributed by atoms with van der Waals surface area (Å²) >= 11 is 12.1. The summed E-state index contributed by atoms with van der Waals surface area (Å²) in [5.74, 6) is -0.351. The van der Waals surface area contributed by atoms with Gasteiger partial charge in [0.05, 0.1) is 18.2 Å². The largest absolute Gasteiger partial charge is 0.357 e. The van der Waals surface area contributed by atoms with Crippen molar-refractivity contribution in [3.63, 3.8) is 0 Å². The van der Waals surface area contributed by atoms with E-state index in [4.69, 9.17) is 23.2 Å². The van der Waals surface area contributed by atoms with Gasteiger partial charge in [-0.05, 0) is 61.4 Å². The van der Waals surface area contributed by atoms with E-state index >= 15 is 0 Å². The van der Waals surface area contributed by atoms with Crippen LogP contribution in [0.15, 0.2) is 42.5 Å². The second-order valence-corrected chi connectivity index (χ2v) is 8.51. The third kappa shape index (κ3) is 2.96. The van der Waals surface area contributed by atoms with E-state index in [0.29, 0.717) is 22.3 Å². The molecule has 2 aliphatic heterocycles. The SMILES string of the molecule is CC1c2[nH]c3ccc(Cl)cc3c2CCN1C1CC(=O)N(c2ccc(Cl)cc2)C1=O. The Hall–Kier alpha value is -2.34. The normalized spacial score (nSPS) is 22.5. The maximum atomic E-state index is 13.2. The van der Waals surface area contributed by atoms with Gasteiger partial charge in [-0.1, -0.05) is 23.2 Å². The van der Waals surface area contributed by atoms with Gasteiger partial charge in [-0.25, -0.2) is 4.90 Å². The van der Waals surface area contributed by atoms with E-state index in [1.165, 1.54) is 10.5 Å². The molecule has 2 aliphatic rings. The molecule has 148 valence electrons. The molecule has 0 saturated carbocycles. The number of halogens is 2. The highest BCUT2D eigenvalue weighted by Crippen LogP contribution is 2.38.